The van der Waals surface area contributed by atoms with Gasteiger partial charge in [0.25, 0.3) is 0 Å². The van der Waals surface area contributed by atoms with Crippen LogP contribution in [0.15, 0.2) is 34.9 Å². The minimum absolute atomic E-state index is 0.00146. The van der Waals surface area contributed by atoms with E-state index < -0.39 is 18.0 Å². The van der Waals surface area contributed by atoms with Gasteiger partial charge in [-0.05, 0) is 6.07 Å². The van der Waals surface area contributed by atoms with Crippen LogP contribution in [0.5, 0.6) is 5.75 Å². The lowest BCUT2D eigenvalue weighted by molar-refractivity contribution is -0.141. The molecule has 1 aliphatic heterocycles. The van der Waals surface area contributed by atoms with E-state index in [1.165, 1.54) is 7.11 Å². The molecular formula is C19H22N2O5. The number of carbonyl (C=O) groups is 2. The van der Waals surface area contributed by atoms with Gasteiger partial charge < -0.3 is 19.3 Å². The summed E-state index contributed by atoms with van der Waals surface area (Å²) < 4.78 is 16.0. The number of amides is 1. The van der Waals surface area contributed by atoms with Crippen LogP contribution in [-0.2, 0) is 19.7 Å². The third kappa shape index (κ3) is 3.56. The summed E-state index contributed by atoms with van der Waals surface area (Å²) in [7, 11) is 1.54. The van der Waals surface area contributed by atoms with Crippen molar-refractivity contribution < 1.29 is 23.6 Å². The van der Waals surface area contributed by atoms with Gasteiger partial charge in [-0.15, -0.1) is 0 Å². The number of benzene rings is 1. The summed E-state index contributed by atoms with van der Waals surface area (Å²) in [4.78, 5) is 24.6. The van der Waals surface area contributed by atoms with Gasteiger partial charge in [-0.3, -0.25) is 9.59 Å². The highest BCUT2D eigenvalue weighted by Crippen LogP contribution is 2.40. The smallest absolute Gasteiger partial charge is 0.307 e. The van der Waals surface area contributed by atoms with Gasteiger partial charge in [0, 0.05) is 17.0 Å². The topological polar surface area (TPSA) is 90.7 Å². The molecular weight excluding hydrogens is 336 g/mol. The first-order valence-corrected chi connectivity index (χ1v) is 8.40. The normalized spacial score (nSPS) is 19.9. The lowest BCUT2D eigenvalue weighted by Crippen LogP contribution is -2.25. The summed E-state index contributed by atoms with van der Waals surface area (Å²) >= 11 is 0. The van der Waals surface area contributed by atoms with E-state index in [1.807, 2.05) is 32.9 Å². The molecule has 7 heteroatoms. The van der Waals surface area contributed by atoms with Gasteiger partial charge in [0.1, 0.15) is 17.6 Å². The van der Waals surface area contributed by atoms with Crippen molar-refractivity contribution in [3.8, 4) is 5.75 Å². The second-order valence-electron chi connectivity index (χ2n) is 7.28. The Morgan fingerprint density at radius 3 is 2.69 bits per heavy atom. The fraction of sp³-hybridized carbons (Fsp3) is 0.421. The first kappa shape index (κ1) is 18.0. The molecule has 2 heterocycles. The van der Waals surface area contributed by atoms with Crippen LogP contribution in [0.1, 0.15) is 44.6 Å². The van der Waals surface area contributed by atoms with Gasteiger partial charge in [0.05, 0.1) is 19.4 Å². The van der Waals surface area contributed by atoms with Crippen LogP contribution in [0.25, 0.3) is 0 Å². The molecule has 0 bridgehead atoms. The lowest BCUT2D eigenvalue weighted by Gasteiger charge is -2.19. The Labute approximate surface area is 151 Å². The van der Waals surface area contributed by atoms with E-state index in [2.05, 4.69) is 10.5 Å². The quantitative estimate of drug-likeness (QED) is 0.844. The first-order valence-electron chi connectivity index (χ1n) is 8.40. The van der Waals surface area contributed by atoms with E-state index in [1.54, 1.807) is 18.2 Å². The van der Waals surface area contributed by atoms with Gasteiger partial charge in [-0.25, -0.2) is 0 Å². The van der Waals surface area contributed by atoms with Gasteiger partial charge in [0.15, 0.2) is 5.82 Å². The summed E-state index contributed by atoms with van der Waals surface area (Å²) in [5, 5.41) is 6.60. The van der Waals surface area contributed by atoms with E-state index in [4.69, 9.17) is 14.0 Å². The third-order valence-electron chi connectivity index (χ3n) is 4.29. The molecule has 1 aliphatic rings. The zero-order chi connectivity index (χ0) is 18.9. The molecule has 2 aromatic rings. The summed E-state index contributed by atoms with van der Waals surface area (Å²) in [6.45, 7) is 5.96. The van der Waals surface area contributed by atoms with Crippen LogP contribution in [0.2, 0.25) is 0 Å². The zero-order valence-corrected chi connectivity index (χ0v) is 15.2. The highest BCUT2D eigenvalue weighted by atomic mass is 16.6. The number of nitrogens with one attached hydrogen (secondary N) is 1. The maximum atomic E-state index is 12.7. The molecule has 7 nitrogen and oxygen atoms in total. The largest absolute Gasteiger partial charge is 0.496 e. The average molecular weight is 358 g/mol. The van der Waals surface area contributed by atoms with Crippen LogP contribution in [0.4, 0.5) is 5.82 Å². The Hall–Kier alpha value is -2.83. The first-order chi connectivity index (χ1) is 12.3. The van der Waals surface area contributed by atoms with E-state index in [0.29, 0.717) is 22.9 Å². The highest BCUT2D eigenvalue weighted by Gasteiger charge is 2.42. The number of cyclic esters (lactones) is 1. The van der Waals surface area contributed by atoms with E-state index in [9.17, 15) is 9.59 Å². The molecule has 2 atom stereocenters. The predicted molar refractivity (Wildman–Crippen MR) is 93.8 cm³/mol. The summed E-state index contributed by atoms with van der Waals surface area (Å²) in [6.07, 6.45) is -0.703. The highest BCUT2D eigenvalue weighted by molar-refractivity contribution is 5.95. The number of rotatable bonds is 4. The molecule has 0 saturated carbocycles. The maximum Gasteiger partial charge on any atom is 0.307 e. The second kappa shape index (κ2) is 6.82. The Kier molecular flexibility index (Phi) is 4.71. The second-order valence-corrected chi connectivity index (χ2v) is 7.28. The summed E-state index contributed by atoms with van der Waals surface area (Å²) in [5.74, 6) is 0.109. The van der Waals surface area contributed by atoms with Crippen molar-refractivity contribution in [2.75, 3.05) is 12.4 Å². The minimum atomic E-state index is -0.701. The number of aromatic nitrogens is 1. The Balaban J connectivity index is 1.81. The van der Waals surface area contributed by atoms with Gasteiger partial charge in [-0.1, -0.05) is 44.1 Å². The minimum Gasteiger partial charge on any atom is -0.496 e. The van der Waals surface area contributed by atoms with Crippen molar-refractivity contribution in [2.45, 2.75) is 38.7 Å². The Morgan fingerprint density at radius 1 is 1.31 bits per heavy atom. The fourth-order valence-corrected chi connectivity index (χ4v) is 2.88. The van der Waals surface area contributed by atoms with Crippen LogP contribution in [0.3, 0.4) is 0 Å². The SMILES string of the molecule is COc1ccccc1C1OC(=O)C[C@@H]1C(=O)Nc1cc(C(C)(C)C)on1. The molecule has 1 saturated heterocycles. The van der Waals surface area contributed by atoms with Crippen LogP contribution < -0.4 is 10.1 Å². The number of ether oxygens (including phenoxy) is 2. The molecule has 1 aromatic carbocycles. The van der Waals surface area contributed by atoms with Crippen LogP contribution in [-0.4, -0.2) is 24.1 Å². The van der Waals surface area contributed by atoms with E-state index >= 15 is 0 Å². The number of para-hydroxylation sites is 1. The van der Waals surface area contributed by atoms with Gasteiger partial charge in [0.2, 0.25) is 5.91 Å². The molecule has 3 rings (SSSR count). The van der Waals surface area contributed by atoms with Gasteiger partial charge >= 0.3 is 5.97 Å². The molecule has 1 aromatic heterocycles. The molecule has 1 unspecified atom stereocenters. The average Bonchev–Trinajstić information content (AvgIpc) is 3.21. The predicted octanol–water partition coefficient (Wildman–Crippen LogP) is 3.22. The molecule has 26 heavy (non-hydrogen) atoms. The number of hydrogen-bond donors (Lipinski definition) is 1. The standard InChI is InChI=1S/C19H22N2O5/c1-19(2,3)14-10-15(21-26-14)20-18(23)12-9-16(22)25-17(12)11-7-5-6-8-13(11)24-4/h5-8,10,12,17H,9H2,1-4H3,(H,20,21,23)/t12-,17?/m0/s1. The number of esters is 1. The molecule has 0 radical (unpaired) electrons. The number of carbonyl (C=O) groups excluding carboxylic acids is 2. The molecule has 0 aliphatic carbocycles. The fourth-order valence-electron chi connectivity index (χ4n) is 2.88. The summed E-state index contributed by atoms with van der Waals surface area (Å²) in [5.41, 5.74) is 0.444. The maximum absolute atomic E-state index is 12.7. The van der Waals surface area contributed by atoms with E-state index in [-0.39, 0.29) is 17.7 Å². The monoisotopic (exact) mass is 358 g/mol. The molecule has 0 spiro atoms. The van der Waals surface area contributed by atoms with Crippen molar-refractivity contribution >= 4 is 17.7 Å². The number of anilines is 1. The molecule has 1 amide bonds. The third-order valence-corrected chi connectivity index (χ3v) is 4.29. The van der Waals surface area contributed by atoms with Gasteiger partial charge in [-0.2, -0.15) is 0 Å². The number of nitrogens with zero attached hydrogens (tertiary/aromatic N) is 1. The lowest BCUT2D eigenvalue weighted by atomic mass is 9.93. The summed E-state index contributed by atoms with van der Waals surface area (Å²) in [6, 6.07) is 8.87. The van der Waals surface area contributed by atoms with Crippen molar-refractivity contribution in [1.82, 2.24) is 5.16 Å². The van der Waals surface area contributed by atoms with Crippen LogP contribution >= 0.6 is 0 Å². The number of hydrogen-bond acceptors (Lipinski definition) is 6. The van der Waals surface area contributed by atoms with Crippen molar-refractivity contribution in [3.05, 3.63) is 41.7 Å². The van der Waals surface area contributed by atoms with Crippen molar-refractivity contribution in [2.24, 2.45) is 5.92 Å². The van der Waals surface area contributed by atoms with Crippen LogP contribution in [0, 0.1) is 5.92 Å². The van der Waals surface area contributed by atoms with Crippen molar-refractivity contribution in [3.63, 3.8) is 0 Å². The van der Waals surface area contributed by atoms with E-state index in [0.717, 1.165) is 0 Å². The number of methoxy groups -OCH3 is 1. The Bertz CT molecular complexity index is 821. The van der Waals surface area contributed by atoms with Crippen molar-refractivity contribution in [1.29, 1.82) is 0 Å². The molecule has 138 valence electrons. The molecule has 1 fully saturated rings. The molecule has 1 N–H and O–H groups in total. The zero-order valence-electron chi connectivity index (χ0n) is 15.2. The Morgan fingerprint density at radius 2 is 2.04 bits per heavy atom.